The molecule has 162 valence electrons. The van der Waals surface area contributed by atoms with Crippen LogP contribution in [-0.4, -0.2) is 26.8 Å². The number of hydrogen-bond acceptors (Lipinski definition) is 4. The molecule has 1 amide bonds. The Labute approximate surface area is 190 Å². The minimum Gasteiger partial charge on any atom is -0.481 e. The molecule has 0 radical (unpaired) electrons. The van der Waals surface area contributed by atoms with Gasteiger partial charge in [0.25, 0.3) is 0 Å². The molecule has 1 atom stereocenters. The van der Waals surface area contributed by atoms with Crippen molar-refractivity contribution in [1.82, 2.24) is 15.1 Å². The largest absolute Gasteiger partial charge is 0.481 e. The normalized spacial score (nSPS) is 11.8. The van der Waals surface area contributed by atoms with Gasteiger partial charge in [0, 0.05) is 18.2 Å². The third-order valence-corrected chi connectivity index (χ3v) is 5.95. The molecule has 2 aromatic carbocycles. The van der Waals surface area contributed by atoms with Crippen LogP contribution in [0.15, 0.2) is 84.4 Å². The number of aromatic nitrogens is 2. The minimum atomic E-state index is -0.990. The van der Waals surface area contributed by atoms with Crippen LogP contribution in [0, 0.1) is 0 Å². The highest BCUT2D eigenvalue weighted by atomic mass is 32.1. The van der Waals surface area contributed by atoms with E-state index < -0.39 is 5.97 Å². The van der Waals surface area contributed by atoms with Crippen LogP contribution in [0.5, 0.6) is 0 Å². The summed E-state index contributed by atoms with van der Waals surface area (Å²) in [5.41, 5.74) is 3.69. The molecule has 0 aliphatic rings. The molecule has 2 heterocycles. The standard InChI is InChI=1S/C25H23N3O3S/c29-23(13-14-24(30)31)26-21(16-18-8-3-1-4-9-18)20-17-28(19-10-5-2-6-11-19)27-25(20)22-12-7-15-32-22/h1-12,15,17,21H,13-14,16H2,(H,26,29)(H,30,31). The Morgan fingerprint density at radius 2 is 1.69 bits per heavy atom. The summed E-state index contributed by atoms with van der Waals surface area (Å²) in [7, 11) is 0. The van der Waals surface area contributed by atoms with Crippen molar-refractivity contribution >= 4 is 23.2 Å². The fraction of sp³-hybridized carbons (Fsp3) is 0.160. The molecule has 32 heavy (non-hydrogen) atoms. The average Bonchev–Trinajstić information content (AvgIpc) is 3.49. The summed E-state index contributed by atoms with van der Waals surface area (Å²) in [6.07, 6.45) is 2.25. The molecule has 1 unspecified atom stereocenters. The van der Waals surface area contributed by atoms with E-state index in [-0.39, 0.29) is 24.8 Å². The molecule has 0 fully saturated rings. The van der Waals surface area contributed by atoms with Crippen LogP contribution in [-0.2, 0) is 16.0 Å². The maximum atomic E-state index is 12.6. The number of nitrogens with one attached hydrogen (secondary N) is 1. The van der Waals surface area contributed by atoms with E-state index >= 15 is 0 Å². The van der Waals surface area contributed by atoms with E-state index in [1.807, 2.05) is 89.1 Å². The van der Waals surface area contributed by atoms with Crippen LogP contribution < -0.4 is 5.32 Å². The van der Waals surface area contributed by atoms with Gasteiger partial charge in [-0.25, -0.2) is 4.68 Å². The van der Waals surface area contributed by atoms with E-state index in [0.29, 0.717) is 6.42 Å². The number of thiophene rings is 1. The molecule has 0 saturated carbocycles. The second-order valence-electron chi connectivity index (χ2n) is 7.39. The van der Waals surface area contributed by atoms with Crippen LogP contribution in [0.1, 0.15) is 30.0 Å². The Bertz CT molecular complexity index is 1170. The number of carbonyl (C=O) groups excluding carboxylic acids is 1. The van der Waals surface area contributed by atoms with Gasteiger partial charge in [-0.2, -0.15) is 5.10 Å². The predicted molar refractivity (Wildman–Crippen MR) is 125 cm³/mol. The van der Waals surface area contributed by atoms with Crippen LogP contribution in [0.2, 0.25) is 0 Å². The fourth-order valence-corrected chi connectivity index (χ4v) is 4.27. The summed E-state index contributed by atoms with van der Waals surface area (Å²) < 4.78 is 1.83. The average molecular weight is 446 g/mol. The van der Waals surface area contributed by atoms with E-state index in [9.17, 15) is 9.59 Å². The molecular weight excluding hydrogens is 422 g/mol. The Balaban J connectivity index is 1.73. The number of nitrogens with zero attached hydrogens (tertiary/aromatic N) is 2. The molecule has 0 aliphatic carbocycles. The molecular formula is C25H23N3O3S. The first-order chi connectivity index (χ1) is 15.6. The molecule has 2 aromatic heterocycles. The van der Waals surface area contributed by atoms with Gasteiger partial charge in [0.15, 0.2) is 0 Å². The van der Waals surface area contributed by atoms with Crippen molar-refractivity contribution in [3.8, 4) is 16.3 Å². The summed E-state index contributed by atoms with van der Waals surface area (Å²) in [5, 5.41) is 18.9. The lowest BCUT2D eigenvalue weighted by atomic mass is 9.98. The zero-order valence-corrected chi connectivity index (χ0v) is 18.2. The first-order valence-corrected chi connectivity index (χ1v) is 11.2. The van der Waals surface area contributed by atoms with E-state index in [2.05, 4.69) is 5.32 Å². The number of hydrogen-bond donors (Lipinski definition) is 2. The van der Waals surface area contributed by atoms with Crippen molar-refractivity contribution in [2.45, 2.75) is 25.3 Å². The van der Waals surface area contributed by atoms with Crippen LogP contribution in [0.25, 0.3) is 16.3 Å². The number of para-hydroxylation sites is 1. The van der Waals surface area contributed by atoms with E-state index in [4.69, 9.17) is 10.2 Å². The van der Waals surface area contributed by atoms with Crippen LogP contribution >= 0.6 is 11.3 Å². The molecule has 0 aliphatic heterocycles. The number of rotatable bonds is 9. The zero-order valence-electron chi connectivity index (χ0n) is 17.3. The number of amides is 1. The second kappa shape index (κ2) is 10.1. The lowest BCUT2D eigenvalue weighted by Gasteiger charge is -2.19. The Kier molecular flexibility index (Phi) is 6.77. The predicted octanol–water partition coefficient (Wildman–Crippen LogP) is 4.87. The topological polar surface area (TPSA) is 84.2 Å². The highest BCUT2D eigenvalue weighted by molar-refractivity contribution is 7.13. The Hall–Kier alpha value is -3.71. The number of carboxylic acids is 1. The van der Waals surface area contributed by atoms with Gasteiger partial charge >= 0.3 is 5.97 Å². The second-order valence-corrected chi connectivity index (χ2v) is 8.34. The first-order valence-electron chi connectivity index (χ1n) is 10.3. The monoisotopic (exact) mass is 445 g/mol. The maximum absolute atomic E-state index is 12.6. The van der Waals surface area contributed by atoms with Crippen molar-refractivity contribution < 1.29 is 14.7 Å². The smallest absolute Gasteiger partial charge is 0.303 e. The fourth-order valence-electron chi connectivity index (χ4n) is 3.54. The summed E-state index contributed by atoms with van der Waals surface area (Å²) in [6, 6.07) is 23.4. The number of carboxylic acid groups (broad SMARTS) is 1. The number of aliphatic carboxylic acids is 1. The maximum Gasteiger partial charge on any atom is 0.303 e. The van der Waals surface area contributed by atoms with E-state index in [0.717, 1.165) is 27.4 Å². The number of benzene rings is 2. The van der Waals surface area contributed by atoms with E-state index in [1.54, 1.807) is 11.3 Å². The van der Waals surface area contributed by atoms with E-state index in [1.165, 1.54) is 0 Å². The minimum absolute atomic E-state index is 0.0677. The van der Waals surface area contributed by atoms with Gasteiger partial charge in [0.05, 0.1) is 23.0 Å². The van der Waals surface area contributed by atoms with Gasteiger partial charge in [0.2, 0.25) is 5.91 Å². The molecule has 4 rings (SSSR count). The summed E-state index contributed by atoms with van der Waals surface area (Å²) in [5.74, 6) is -1.28. The van der Waals surface area contributed by atoms with Gasteiger partial charge in [-0.15, -0.1) is 11.3 Å². The van der Waals surface area contributed by atoms with Crippen molar-refractivity contribution in [2.24, 2.45) is 0 Å². The zero-order chi connectivity index (χ0) is 22.3. The Morgan fingerprint density at radius 1 is 0.969 bits per heavy atom. The molecule has 7 heteroatoms. The molecule has 0 bridgehead atoms. The lowest BCUT2D eigenvalue weighted by molar-refractivity contribution is -0.138. The molecule has 2 N–H and O–H groups in total. The summed E-state index contributed by atoms with van der Waals surface area (Å²) >= 11 is 1.59. The van der Waals surface area contributed by atoms with Gasteiger partial charge in [-0.3, -0.25) is 9.59 Å². The third-order valence-electron chi connectivity index (χ3n) is 5.08. The summed E-state index contributed by atoms with van der Waals surface area (Å²) in [4.78, 5) is 24.5. The molecule has 0 spiro atoms. The van der Waals surface area contributed by atoms with Crippen molar-refractivity contribution in [1.29, 1.82) is 0 Å². The highest BCUT2D eigenvalue weighted by Gasteiger charge is 2.24. The van der Waals surface area contributed by atoms with Gasteiger partial charge in [-0.1, -0.05) is 54.6 Å². The number of carbonyl (C=O) groups is 2. The summed E-state index contributed by atoms with van der Waals surface area (Å²) in [6.45, 7) is 0. The quantitative estimate of drug-likeness (QED) is 0.385. The van der Waals surface area contributed by atoms with Crippen molar-refractivity contribution in [2.75, 3.05) is 0 Å². The lowest BCUT2D eigenvalue weighted by Crippen LogP contribution is -2.30. The van der Waals surface area contributed by atoms with Gasteiger partial charge in [-0.05, 0) is 35.6 Å². The molecule has 6 nitrogen and oxygen atoms in total. The first kappa shape index (κ1) is 21.5. The molecule has 4 aromatic rings. The van der Waals surface area contributed by atoms with Crippen molar-refractivity contribution in [3.05, 3.63) is 95.5 Å². The third kappa shape index (κ3) is 5.31. The SMILES string of the molecule is O=C(O)CCC(=O)NC(Cc1ccccc1)c1cn(-c2ccccc2)nc1-c1cccs1. The van der Waals surface area contributed by atoms with Crippen LogP contribution in [0.3, 0.4) is 0 Å². The van der Waals surface area contributed by atoms with Crippen molar-refractivity contribution in [3.63, 3.8) is 0 Å². The highest BCUT2D eigenvalue weighted by Crippen LogP contribution is 2.33. The van der Waals surface area contributed by atoms with Gasteiger partial charge < -0.3 is 10.4 Å². The van der Waals surface area contributed by atoms with Gasteiger partial charge in [0.1, 0.15) is 5.69 Å². The Morgan fingerprint density at radius 3 is 2.34 bits per heavy atom. The molecule has 0 saturated heterocycles. The van der Waals surface area contributed by atoms with Crippen LogP contribution in [0.4, 0.5) is 0 Å².